The van der Waals surface area contributed by atoms with E-state index < -0.39 is 0 Å². The number of nitrogen functional groups attached to an aromatic ring is 1. The molecule has 0 amide bonds. The largest absolute Gasteiger partial charge is 0.397 e. The molecule has 82 valence electrons. The number of aryl methyl sites for hydroxylation is 2. The SMILES string of the molecule is Cc1cc(C)c(Nc2ccccc2)c(N)c1. The number of nitrogens with two attached hydrogens (primary N) is 1. The van der Waals surface area contributed by atoms with Crippen LogP contribution >= 0.6 is 0 Å². The Bertz CT molecular complexity index is 466. The Balaban J connectivity index is 2.35. The molecule has 0 spiro atoms. The van der Waals surface area contributed by atoms with Gasteiger partial charge >= 0.3 is 0 Å². The van der Waals surface area contributed by atoms with Crippen LogP contribution in [0.25, 0.3) is 0 Å². The summed E-state index contributed by atoms with van der Waals surface area (Å²) in [5, 5.41) is 3.34. The van der Waals surface area contributed by atoms with Gasteiger partial charge in [-0.05, 0) is 43.2 Å². The van der Waals surface area contributed by atoms with Crippen LogP contribution in [0, 0.1) is 13.8 Å². The lowest BCUT2D eigenvalue weighted by Crippen LogP contribution is -1.99. The Kier molecular flexibility index (Phi) is 2.82. The lowest BCUT2D eigenvalue weighted by atomic mass is 10.1. The summed E-state index contributed by atoms with van der Waals surface area (Å²) in [5.74, 6) is 0. The van der Waals surface area contributed by atoms with Gasteiger partial charge in [0, 0.05) is 5.69 Å². The lowest BCUT2D eigenvalue weighted by molar-refractivity contribution is 1.37. The zero-order valence-electron chi connectivity index (χ0n) is 9.62. The minimum absolute atomic E-state index is 0.793. The first-order chi connectivity index (χ1) is 7.66. The molecular formula is C14H16N2. The van der Waals surface area contributed by atoms with E-state index in [2.05, 4.69) is 25.2 Å². The zero-order valence-corrected chi connectivity index (χ0v) is 9.62. The molecule has 2 nitrogen and oxygen atoms in total. The van der Waals surface area contributed by atoms with Crippen molar-refractivity contribution in [3.63, 3.8) is 0 Å². The summed E-state index contributed by atoms with van der Waals surface area (Å²) in [5.41, 5.74) is 11.2. The summed E-state index contributed by atoms with van der Waals surface area (Å²) < 4.78 is 0. The number of para-hydroxylation sites is 1. The first-order valence-electron chi connectivity index (χ1n) is 5.35. The number of anilines is 3. The van der Waals surface area contributed by atoms with Crippen LogP contribution in [0.3, 0.4) is 0 Å². The molecule has 0 aliphatic carbocycles. The van der Waals surface area contributed by atoms with Gasteiger partial charge in [0.25, 0.3) is 0 Å². The van der Waals surface area contributed by atoms with Gasteiger partial charge < -0.3 is 11.1 Å². The van der Waals surface area contributed by atoms with Crippen molar-refractivity contribution in [1.29, 1.82) is 0 Å². The van der Waals surface area contributed by atoms with Crippen molar-refractivity contribution in [1.82, 2.24) is 0 Å². The molecule has 0 aliphatic heterocycles. The van der Waals surface area contributed by atoms with Crippen molar-refractivity contribution in [3.8, 4) is 0 Å². The van der Waals surface area contributed by atoms with Gasteiger partial charge in [-0.1, -0.05) is 24.3 Å². The second kappa shape index (κ2) is 4.27. The minimum Gasteiger partial charge on any atom is -0.397 e. The molecule has 0 bridgehead atoms. The van der Waals surface area contributed by atoms with Gasteiger partial charge in [-0.15, -0.1) is 0 Å². The topological polar surface area (TPSA) is 38.0 Å². The third kappa shape index (κ3) is 2.16. The highest BCUT2D eigenvalue weighted by molar-refractivity contribution is 5.76. The van der Waals surface area contributed by atoms with E-state index in [9.17, 15) is 0 Å². The maximum absolute atomic E-state index is 6.01. The highest BCUT2D eigenvalue weighted by atomic mass is 14.9. The zero-order chi connectivity index (χ0) is 11.5. The van der Waals surface area contributed by atoms with Crippen molar-refractivity contribution in [2.24, 2.45) is 0 Å². The maximum Gasteiger partial charge on any atom is 0.0647 e. The van der Waals surface area contributed by atoms with Gasteiger partial charge in [-0.25, -0.2) is 0 Å². The number of hydrogen-bond acceptors (Lipinski definition) is 2. The van der Waals surface area contributed by atoms with Crippen LogP contribution in [-0.4, -0.2) is 0 Å². The van der Waals surface area contributed by atoms with Gasteiger partial charge in [0.15, 0.2) is 0 Å². The molecule has 0 atom stereocenters. The molecule has 0 saturated heterocycles. The molecule has 3 N–H and O–H groups in total. The summed E-state index contributed by atoms with van der Waals surface area (Å²) in [6, 6.07) is 14.2. The van der Waals surface area contributed by atoms with Gasteiger partial charge in [-0.3, -0.25) is 0 Å². The molecule has 0 heterocycles. The molecule has 2 rings (SSSR count). The van der Waals surface area contributed by atoms with Crippen LogP contribution in [0.15, 0.2) is 42.5 Å². The first-order valence-corrected chi connectivity index (χ1v) is 5.35. The Labute approximate surface area is 96.1 Å². The Morgan fingerprint density at radius 2 is 1.69 bits per heavy atom. The smallest absolute Gasteiger partial charge is 0.0647 e. The second-order valence-electron chi connectivity index (χ2n) is 4.04. The third-order valence-electron chi connectivity index (χ3n) is 2.55. The molecule has 2 heteroatoms. The average Bonchev–Trinajstić information content (AvgIpc) is 2.25. The minimum atomic E-state index is 0.793. The number of rotatable bonds is 2. The van der Waals surface area contributed by atoms with Crippen LogP contribution in [0.5, 0.6) is 0 Å². The van der Waals surface area contributed by atoms with Gasteiger partial charge in [-0.2, -0.15) is 0 Å². The fraction of sp³-hybridized carbons (Fsp3) is 0.143. The van der Waals surface area contributed by atoms with E-state index >= 15 is 0 Å². The standard InChI is InChI=1S/C14H16N2/c1-10-8-11(2)14(13(15)9-10)16-12-6-4-3-5-7-12/h3-9,16H,15H2,1-2H3. The monoisotopic (exact) mass is 212 g/mol. The molecule has 0 unspecified atom stereocenters. The Morgan fingerprint density at radius 3 is 2.31 bits per heavy atom. The summed E-state index contributed by atoms with van der Waals surface area (Å²) >= 11 is 0. The van der Waals surface area contributed by atoms with Crippen molar-refractivity contribution >= 4 is 17.1 Å². The summed E-state index contributed by atoms with van der Waals surface area (Å²) in [6.07, 6.45) is 0. The van der Waals surface area contributed by atoms with Gasteiger partial charge in [0.2, 0.25) is 0 Å². The second-order valence-corrected chi connectivity index (χ2v) is 4.04. The van der Waals surface area contributed by atoms with Crippen LogP contribution < -0.4 is 11.1 Å². The normalized spacial score (nSPS) is 10.1. The molecule has 0 aromatic heterocycles. The van der Waals surface area contributed by atoms with Crippen molar-refractivity contribution in [2.75, 3.05) is 11.1 Å². The highest BCUT2D eigenvalue weighted by Gasteiger charge is 2.04. The van der Waals surface area contributed by atoms with E-state index in [1.165, 1.54) is 11.1 Å². The number of hydrogen-bond donors (Lipinski definition) is 2. The summed E-state index contributed by atoms with van der Waals surface area (Å²) in [4.78, 5) is 0. The molecule has 16 heavy (non-hydrogen) atoms. The van der Waals surface area contributed by atoms with Crippen LogP contribution in [0.2, 0.25) is 0 Å². The summed E-state index contributed by atoms with van der Waals surface area (Å²) in [6.45, 7) is 4.12. The van der Waals surface area contributed by atoms with E-state index in [1.807, 2.05) is 36.4 Å². The Morgan fingerprint density at radius 1 is 1.00 bits per heavy atom. The highest BCUT2D eigenvalue weighted by Crippen LogP contribution is 2.27. The molecule has 0 saturated carbocycles. The van der Waals surface area contributed by atoms with E-state index in [-0.39, 0.29) is 0 Å². The lowest BCUT2D eigenvalue weighted by Gasteiger charge is -2.13. The summed E-state index contributed by atoms with van der Waals surface area (Å²) in [7, 11) is 0. The first kappa shape index (κ1) is 10.6. The molecule has 0 fully saturated rings. The van der Waals surface area contributed by atoms with Crippen LogP contribution in [0.1, 0.15) is 11.1 Å². The predicted octanol–water partition coefficient (Wildman–Crippen LogP) is 3.63. The van der Waals surface area contributed by atoms with Crippen molar-refractivity contribution < 1.29 is 0 Å². The molecular weight excluding hydrogens is 196 g/mol. The molecule has 0 radical (unpaired) electrons. The molecule has 2 aromatic rings. The van der Waals surface area contributed by atoms with Gasteiger partial charge in [0.05, 0.1) is 11.4 Å². The van der Waals surface area contributed by atoms with E-state index in [4.69, 9.17) is 5.73 Å². The quantitative estimate of drug-likeness (QED) is 0.746. The maximum atomic E-state index is 6.01. The Hall–Kier alpha value is -1.96. The third-order valence-corrected chi connectivity index (χ3v) is 2.55. The van der Waals surface area contributed by atoms with E-state index in [0.717, 1.165) is 17.1 Å². The van der Waals surface area contributed by atoms with Gasteiger partial charge in [0.1, 0.15) is 0 Å². The number of nitrogens with one attached hydrogen (secondary N) is 1. The van der Waals surface area contributed by atoms with E-state index in [1.54, 1.807) is 0 Å². The van der Waals surface area contributed by atoms with Crippen LogP contribution in [-0.2, 0) is 0 Å². The molecule has 0 aliphatic rings. The average molecular weight is 212 g/mol. The molecule has 2 aromatic carbocycles. The van der Waals surface area contributed by atoms with Crippen LogP contribution in [0.4, 0.5) is 17.1 Å². The van der Waals surface area contributed by atoms with Crippen molar-refractivity contribution in [2.45, 2.75) is 13.8 Å². The predicted molar refractivity (Wildman–Crippen MR) is 70.1 cm³/mol. The fourth-order valence-corrected chi connectivity index (χ4v) is 1.84. The van der Waals surface area contributed by atoms with Crippen molar-refractivity contribution in [3.05, 3.63) is 53.6 Å². The van der Waals surface area contributed by atoms with E-state index in [0.29, 0.717) is 0 Å². The fourth-order valence-electron chi connectivity index (χ4n) is 1.84. The number of benzene rings is 2.